The number of carbonyl (C=O) groups is 1. The van der Waals surface area contributed by atoms with Crippen molar-refractivity contribution in [2.24, 2.45) is 11.7 Å². The minimum Gasteiger partial charge on any atom is -0.346 e. The normalized spacial score (nSPS) is 14.9. The highest BCUT2D eigenvalue weighted by molar-refractivity contribution is 7.13. The van der Waals surface area contributed by atoms with Gasteiger partial charge in [-0.3, -0.25) is 4.79 Å². The van der Waals surface area contributed by atoms with Crippen LogP contribution >= 0.6 is 23.7 Å². The van der Waals surface area contributed by atoms with E-state index in [9.17, 15) is 13.6 Å². The summed E-state index contributed by atoms with van der Waals surface area (Å²) in [6, 6.07) is 3.55. The molecule has 23 heavy (non-hydrogen) atoms. The van der Waals surface area contributed by atoms with Gasteiger partial charge < -0.3 is 11.1 Å². The molecular weight excluding hydrogens is 344 g/mol. The minimum absolute atomic E-state index is 0. The van der Waals surface area contributed by atoms with E-state index >= 15 is 0 Å². The largest absolute Gasteiger partial charge is 0.346 e. The summed E-state index contributed by atoms with van der Waals surface area (Å²) in [5.41, 5.74) is 5.59. The van der Waals surface area contributed by atoms with E-state index in [2.05, 4.69) is 10.3 Å². The lowest BCUT2D eigenvalue weighted by atomic mass is 10.2. The molecule has 1 amide bonds. The first-order valence-electron chi connectivity index (χ1n) is 7.01. The van der Waals surface area contributed by atoms with E-state index in [0.717, 1.165) is 36.3 Å². The van der Waals surface area contributed by atoms with Crippen LogP contribution in [0.3, 0.4) is 0 Å². The number of thiazole rings is 1. The highest BCUT2D eigenvalue weighted by Gasteiger charge is 2.31. The first-order valence-corrected chi connectivity index (χ1v) is 7.89. The number of halogens is 3. The van der Waals surface area contributed by atoms with Crippen LogP contribution in [0.2, 0.25) is 0 Å². The standard InChI is InChI=1S/C15H15F2N3OS.ClH/c16-9-2-1-3-10(17)13(9)15-20-12(7-22-15)14(21)19-11(6-18)8-4-5-8;/h1-3,7-8,11H,4-6,18H2,(H,19,21);1H. The molecule has 1 heterocycles. The van der Waals surface area contributed by atoms with E-state index < -0.39 is 11.6 Å². The molecule has 1 aromatic heterocycles. The van der Waals surface area contributed by atoms with Crippen LogP contribution in [-0.4, -0.2) is 23.5 Å². The van der Waals surface area contributed by atoms with Gasteiger partial charge in [0.15, 0.2) is 0 Å². The number of nitrogens with two attached hydrogens (primary N) is 1. The van der Waals surface area contributed by atoms with E-state index in [0.29, 0.717) is 12.5 Å². The zero-order chi connectivity index (χ0) is 15.7. The fraction of sp³-hybridized carbons (Fsp3) is 0.333. The molecule has 1 aromatic carbocycles. The number of hydrogen-bond acceptors (Lipinski definition) is 4. The van der Waals surface area contributed by atoms with Gasteiger partial charge >= 0.3 is 0 Å². The number of benzene rings is 1. The molecule has 0 saturated heterocycles. The summed E-state index contributed by atoms with van der Waals surface area (Å²) in [4.78, 5) is 16.2. The van der Waals surface area contributed by atoms with E-state index in [1.807, 2.05) is 0 Å². The van der Waals surface area contributed by atoms with Gasteiger partial charge in [0.25, 0.3) is 5.91 Å². The lowest BCUT2D eigenvalue weighted by Gasteiger charge is -2.14. The van der Waals surface area contributed by atoms with Gasteiger partial charge in [-0.25, -0.2) is 13.8 Å². The molecule has 1 aliphatic rings. The van der Waals surface area contributed by atoms with Gasteiger partial charge in [0.2, 0.25) is 0 Å². The predicted molar refractivity (Wildman–Crippen MR) is 87.7 cm³/mol. The Balaban J connectivity index is 0.00000192. The van der Waals surface area contributed by atoms with Crippen molar-refractivity contribution in [1.29, 1.82) is 0 Å². The highest BCUT2D eigenvalue weighted by Crippen LogP contribution is 2.32. The SMILES string of the molecule is Cl.NCC(NC(=O)c1csc(-c2c(F)cccc2F)n1)C1CC1. The van der Waals surface area contributed by atoms with Crippen LogP contribution in [0.1, 0.15) is 23.3 Å². The molecule has 1 saturated carbocycles. The van der Waals surface area contributed by atoms with Crippen LogP contribution in [0.4, 0.5) is 8.78 Å². The number of rotatable bonds is 5. The van der Waals surface area contributed by atoms with Crippen molar-refractivity contribution in [2.75, 3.05) is 6.54 Å². The third kappa shape index (κ3) is 3.85. The summed E-state index contributed by atoms with van der Waals surface area (Å²) < 4.78 is 27.5. The number of nitrogens with zero attached hydrogens (tertiary/aromatic N) is 1. The molecule has 124 valence electrons. The predicted octanol–water partition coefficient (Wildman–Crippen LogP) is 2.98. The lowest BCUT2D eigenvalue weighted by Crippen LogP contribution is -2.41. The molecule has 4 nitrogen and oxygen atoms in total. The van der Waals surface area contributed by atoms with Crippen molar-refractivity contribution in [3.8, 4) is 10.6 Å². The number of aromatic nitrogens is 1. The Labute approximate surface area is 142 Å². The molecule has 0 bridgehead atoms. The monoisotopic (exact) mass is 359 g/mol. The molecular formula is C15H16ClF2N3OS. The fourth-order valence-electron chi connectivity index (χ4n) is 2.31. The molecule has 1 unspecified atom stereocenters. The molecule has 1 atom stereocenters. The molecule has 1 fully saturated rings. The fourth-order valence-corrected chi connectivity index (χ4v) is 3.15. The summed E-state index contributed by atoms with van der Waals surface area (Å²) in [5.74, 6) is -1.32. The van der Waals surface area contributed by atoms with Crippen LogP contribution in [0.15, 0.2) is 23.6 Å². The quantitative estimate of drug-likeness (QED) is 0.862. The van der Waals surface area contributed by atoms with E-state index in [1.165, 1.54) is 11.4 Å². The average Bonchev–Trinajstić information content (AvgIpc) is 3.22. The van der Waals surface area contributed by atoms with Gasteiger partial charge in [-0.05, 0) is 30.9 Å². The van der Waals surface area contributed by atoms with E-state index in [4.69, 9.17) is 5.73 Å². The molecule has 1 aliphatic carbocycles. The highest BCUT2D eigenvalue weighted by atomic mass is 35.5. The Bertz CT molecular complexity index is 686. The first kappa shape index (κ1) is 17.8. The topological polar surface area (TPSA) is 68.0 Å². The van der Waals surface area contributed by atoms with Gasteiger partial charge in [-0.2, -0.15) is 0 Å². The maximum atomic E-state index is 13.7. The summed E-state index contributed by atoms with van der Waals surface area (Å²) in [5, 5.41) is 4.48. The molecule has 8 heteroatoms. The van der Waals surface area contributed by atoms with Crippen LogP contribution in [0.25, 0.3) is 10.6 Å². The summed E-state index contributed by atoms with van der Waals surface area (Å²) >= 11 is 1.03. The first-order chi connectivity index (χ1) is 10.6. The Hall–Kier alpha value is -1.57. The number of hydrogen-bond donors (Lipinski definition) is 2. The second-order valence-electron chi connectivity index (χ2n) is 5.29. The van der Waals surface area contributed by atoms with E-state index in [1.54, 1.807) is 0 Å². The van der Waals surface area contributed by atoms with Crippen LogP contribution in [0, 0.1) is 17.6 Å². The Morgan fingerprint density at radius 1 is 1.39 bits per heavy atom. The molecule has 3 rings (SSSR count). The average molecular weight is 360 g/mol. The van der Waals surface area contributed by atoms with Gasteiger partial charge in [-0.1, -0.05) is 6.07 Å². The Morgan fingerprint density at radius 2 is 2.04 bits per heavy atom. The molecule has 0 radical (unpaired) electrons. The number of carbonyl (C=O) groups excluding carboxylic acids is 1. The molecule has 2 aromatic rings. The summed E-state index contributed by atoms with van der Waals surface area (Å²) in [6.07, 6.45) is 2.12. The number of nitrogens with one attached hydrogen (secondary N) is 1. The van der Waals surface area contributed by atoms with Crippen molar-refractivity contribution in [3.05, 3.63) is 40.9 Å². The Morgan fingerprint density at radius 3 is 2.61 bits per heavy atom. The maximum absolute atomic E-state index is 13.7. The second kappa shape index (κ2) is 7.33. The summed E-state index contributed by atoms with van der Waals surface area (Å²) in [7, 11) is 0. The maximum Gasteiger partial charge on any atom is 0.271 e. The Kier molecular flexibility index (Phi) is 5.67. The van der Waals surface area contributed by atoms with Crippen LogP contribution in [-0.2, 0) is 0 Å². The van der Waals surface area contributed by atoms with Crippen molar-refractivity contribution in [2.45, 2.75) is 18.9 Å². The van der Waals surface area contributed by atoms with Crippen molar-refractivity contribution < 1.29 is 13.6 Å². The van der Waals surface area contributed by atoms with Gasteiger partial charge in [0.1, 0.15) is 22.3 Å². The van der Waals surface area contributed by atoms with Gasteiger partial charge in [0, 0.05) is 18.0 Å². The third-order valence-corrected chi connectivity index (χ3v) is 4.53. The van der Waals surface area contributed by atoms with Gasteiger partial charge in [0.05, 0.1) is 5.56 Å². The molecule has 0 spiro atoms. The number of amides is 1. The van der Waals surface area contributed by atoms with Crippen molar-refractivity contribution in [3.63, 3.8) is 0 Å². The van der Waals surface area contributed by atoms with E-state index in [-0.39, 0.29) is 40.6 Å². The van der Waals surface area contributed by atoms with Crippen molar-refractivity contribution in [1.82, 2.24) is 10.3 Å². The van der Waals surface area contributed by atoms with Crippen LogP contribution < -0.4 is 11.1 Å². The molecule has 3 N–H and O–H groups in total. The molecule has 0 aliphatic heterocycles. The van der Waals surface area contributed by atoms with Crippen molar-refractivity contribution >= 4 is 29.7 Å². The van der Waals surface area contributed by atoms with Gasteiger partial charge in [-0.15, -0.1) is 23.7 Å². The lowest BCUT2D eigenvalue weighted by molar-refractivity contribution is 0.0929. The summed E-state index contributed by atoms with van der Waals surface area (Å²) in [6.45, 7) is 0.370. The van der Waals surface area contributed by atoms with Crippen LogP contribution in [0.5, 0.6) is 0 Å². The zero-order valence-electron chi connectivity index (χ0n) is 12.1. The smallest absolute Gasteiger partial charge is 0.271 e. The third-order valence-electron chi connectivity index (χ3n) is 3.67. The minimum atomic E-state index is -0.695. The zero-order valence-corrected chi connectivity index (χ0v) is 13.7. The second-order valence-corrected chi connectivity index (χ2v) is 6.15.